The quantitative estimate of drug-likeness (QED) is 0.708. The van der Waals surface area contributed by atoms with Crippen LogP contribution in [0, 0.1) is 5.82 Å². The average Bonchev–Trinajstić information content (AvgIpc) is 3.06. The zero-order chi connectivity index (χ0) is 19.7. The molecule has 0 atom stereocenters. The van der Waals surface area contributed by atoms with Crippen molar-refractivity contribution in [2.75, 3.05) is 38.5 Å². The number of hydrogen-bond acceptors (Lipinski definition) is 3. The third kappa shape index (κ3) is 3.47. The molecule has 0 aliphatic carbocycles. The Morgan fingerprint density at radius 3 is 2.54 bits per heavy atom. The van der Waals surface area contributed by atoms with Gasteiger partial charge in [-0.3, -0.25) is 4.79 Å². The van der Waals surface area contributed by atoms with Gasteiger partial charge in [0.25, 0.3) is 5.91 Å². The number of carbonyl (C=O) groups is 1. The van der Waals surface area contributed by atoms with Crippen LogP contribution in [0.5, 0.6) is 0 Å². The minimum Gasteiger partial charge on any atom is -0.399 e. The molecule has 1 amide bonds. The second-order valence-corrected chi connectivity index (χ2v) is 7.25. The molecule has 2 N–H and O–H groups in total. The molecule has 6 heteroatoms. The molecule has 1 aliphatic heterocycles. The number of anilines is 1. The number of hydrogen-bond donors (Lipinski definition) is 1. The van der Waals surface area contributed by atoms with Crippen molar-refractivity contribution < 1.29 is 9.18 Å². The number of likely N-dealkylation sites (N-methyl/N-ethyl adjacent to an activating group) is 1. The Balaban J connectivity index is 1.72. The molecule has 0 saturated carbocycles. The summed E-state index contributed by atoms with van der Waals surface area (Å²) in [5.41, 5.74) is 8.60. The summed E-state index contributed by atoms with van der Waals surface area (Å²) in [6, 6.07) is 14.1. The van der Waals surface area contributed by atoms with Crippen molar-refractivity contribution in [1.82, 2.24) is 14.4 Å². The molecular formula is C22H25FN4O. The van der Waals surface area contributed by atoms with Gasteiger partial charge in [0, 0.05) is 48.3 Å². The monoisotopic (exact) mass is 380 g/mol. The van der Waals surface area contributed by atoms with E-state index >= 15 is 0 Å². The molecular weight excluding hydrogens is 355 g/mol. The Kier molecular flexibility index (Phi) is 5.05. The summed E-state index contributed by atoms with van der Waals surface area (Å²) in [5.74, 6) is -0.281. The van der Waals surface area contributed by atoms with E-state index in [2.05, 4.69) is 11.8 Å². The highest BCUT2D eigenvalue weighted by atomic mass is 19.1. The van der Waals surface area contributed by atoms with E-state index in [0.717, 1.165) is 30.5 Å². The maximum atomic E-state index is 14.3. The van der Waals surface area contributed by atoms with Crippen LogP contribution in [0.3, 0.4) is 0 Å². The van der Waals surface area contributed by atoms with E-state index in [-0.39, 0.29) is 11.7 Å². The van der Waals surface area contributed by atoms with Gasteiger partial charge in [0.05, 0.1) is 6.54 Å². The first kappa shape index (κ1) is 18.5. The fourth-order valence-corrected chi connectivity index (χ4v) is 3.86. The molecule has 0 bridgehead atoms. The smallest absolute Gasteiger partial charge is 0.270 e. The van der Waals surface area contributed by atoms with E-state index in [1.54, 1.807) is 12.1 Å². The summed E-state index contributed by atoms with van der Waals surface area (Å²) in [4.78, 5) is 17.5. The summed E-state index contributed by atoms with van der Waals surface area (Å²) in [5, 5.41) is 0.895. The van der Waals surface area contributed by atoms with E-state index in [1.165, 1.54) is 6.07 Å². The van der Waals surface area contributed by atoms with E-state index in [9.17, 15) is 9.18 Å². The van der Waals surface area contributed by atoms with E-state index in [1.807, 2.05) is 39.8 Å². The standard InChI is InChI=1S/C22H25FN4O/c1-2-25-9-11-26(12-10-25)22(28)21-14-17-13-18(24)7-8-20(17)27(21)15-16-5-3-4-6-19(16)23/h3-8,13-14H,2,9-12,15,24H2,1H3. The lowest BCUT2D eigenvalue weighted by atomic mass is 10.2. The van der Waals surface area contributed by atoms with Gasteiger partial charge in [-0.2, -0.15) is 0 Å². The summed E-state index contributed by atoms with van der Waals surface area (Å²) < 4.78 is 16.2. The number of rotatable bonds is 4. The second kappa shape index (κ2) is 7.64. The highest BCUT2D eigenvalue weighted by Gasteiger charge is 2.25. The normalized spacial score (nSPS) is 15.3. The molecule has 3 aromatic rings. The number of nitrogens with two attached hydrogens (primary N) is 1. The second-order valence-electron chi connectivity index (χ2n) is 7.25. The van der Waals surface area contributed by atoms with Crippen molar-refractivity contribution >= 4 is 22.5 Å². The number of nitrogen functional groups attached to an aromatic ring is 1. The van der Waals surface area contributed by atoms with Gasteiger partial charge >= 0.3 is 0 Å². The van der Waals surface area contributed by atoms with Gasteiger partial charge in [-0.05, 0) is 36.9 Å². The first-order valence-corrected chi connectivity index (χ1v) is 9.70. The molecule has 1 fully saturated rings. The maximum absolute atomic E-state index is 14.3. The molecule has 5 nitrogen and oxygen atoms in total. The lowest BCUT2D eigenvalue weighted by Gasteiger charge is -2.34. The molecule has 1 saturated heterocycles. The fraction of sp³-hybridized carbons (Fsp3) is 0.318. The predicted octanol–water partition coefficient (Wildman–Crippen LogP) is 3.19. The summed E-state index contributed by atoms with van der Waals surface area (Å²) in [6.07, 6.45) is 0. The Hall–Kier alpha value is -2.86. The van der Waals surface area contributed by atoms with Crippen molar-refractivity contribution in [3.05, 3.63) is 65.6 Å². The molecule has 1 aromatic heterocycles. The van der Waals surface area contributed by atoms with Crippen molar-refractivity contribution in [2.24, 2.45) is 0 Å². The number of carbonyl (C=O) groups excluding carboxylic acids is 1. The Bertz CT molecular complexity index is 1000. The van der Waals surface area contributed by atoms with Crippen molar-refractivity contribution in [3.63, 3.8) is 0 Å². The third-order valence-corrected chi connectivity index (χ3v) is 5.54. The molecule has 2 heterocycles. The Morgan fingerprint density at radius 2 is 1.82 bits per heavy atom. The van der Waals surface area contributed by atoms with Crippen molar-refractivity contribution in [3.8, 4) is 0 Å². The molecule has 0 spiro atoms. The highest BCUT2D eigenvalue weighted by Crippen LogP contribution is 2.25. The molecule has 146 valence electrons. The number of nitrogens with zero attached hydrogens (tertiary/aromatic N) is 3. The lowest BCUT2D eigenvalue weighted by molar-refractivity contribution is 0.0633. The van der Waals surface area contributed by atoms with E-state index in [0.29, 0.717) is 36.6 Å². The van der Waals surface area contributed by atoms with Crippen LogP contribution < -0.4 is 5.73 Å². The first-order valence-electron chi connectivity index (χ1n) is 9.70. The number of piperazine rings is 1. The zero-order valence-electron chi connectivity index (χ0n) is 16.1. The fourth-order valence-electron chi connectivity index (χ4n) is 3.86. The van der Waals surface area contributed by atoms with Crippen LogP contribution in [0.1, 0.15) is 23.0 Å². The predicted molar refractivity (Wildman–Crippen MR) is 110 cm³/mol. The van der Waals surface area contributed by atoms with Crippen LogP contribution in [-0.2, 0) is 6.54 Å². The molecule has 28 heavy (non-hydrogen) atoms. The van der Waals surface area contributed by atoms with Gasteiger partial charge in [0.1, 0.15) is 11.5 Å². The first-order chi connectivity index (χ1) is 13.6. The van der Waals surface area contributed by atoms with Crippen LogP contribution in [0.4, 0.5) is 10.1 Å². The van der Waals surface area contributed by atoms with Gasteiger partial charge in [0.2, 0.25) is 0 Å². The van der Waals surface area contributed by atoms with Gasteiger partial charge in [-0.15, -0.1) is 0 Å². The summed E-state index contributed by atoms with van der Waals surface area (Å²) in [6.45, 7) is 6.59. The minimum absolute atomic E-state index is 0.0122. The number of benzene rings is 2. The highest BCUT2D eigenvalue weighted by molar-refractivity contribution is 5.99. The minimum atomic E-state index is -0.269. The van der Waals surface area contributed by atoms with E-state index < -0.39 is 0 Å². The Morgan fingerprint density at radius 1 is 1.07 bits per heavy atom. The summed E-state index contributed by atoms with van der Waals surface area (Å²) >= 11 is 0. The molecule has 1 aliphatic rings. The average molecular weight is 380 g/mol. The molecule has 4 rings (SSSR count). The number of aromatic nitrogens is 1. The topological polar surface area (TPSA) is 54.5 Å². The van der Waals surface area contributed by atoms with Gasteiger partial charge in [-0.25, -0.2) is 4.39 Å². The van der Waals surface area contributed by atoms with Crippen LogP contribution >= 0.6 is 0 Å². The molecule has 2 aromatic carbocycles. The van der Waals surface area contributed by atoms with Gasteiger partial charge in [-0.1, -0.05) is 25.1 Å². The third-order valence-electron chi connectivity index (χ3n) is 5.54. The SMILES string of the molecule is CCN1CCN(C(=O)c2cc3cc(N)ccc3n2Cc2ccccc2F)CC1. The summed E-state index contributed by atoms with van der Waals surface area (Å²) in [7, 11) is 0. The lowest BCUT2D eigenvalue weighted by Crippen LogP contribution is -2.48. The van der Waals surface area contributed by atoms with E-state index in [4.69, 9.17) is 5.73 Å². The Labute approximate surface area is 164 Å². The van der Waals surface area contributed by atoms with Crippen LogP contribution in [-0.4, -0.2) is 53.0 Å². The molecule has 0 unspecified atom stereocenters. The largest absolute Gasteiger partial charge is 0.399 e. The number of fused-ring (bicyclic) bond motifs is 1. The van der Waals surface area contributed by atoms with Gasteiger partial charge < -0.3 is 20.1 Å². The van der Waals surface area contributed by atoms with Gasteiger partial charge in [0.15, 0.2) is 0 Å². The number of amides is 1. The van der Waals surface area contributed by atoms with Crippen LogP contribution in [0.25, 0.3) is 10.9 Å². The van der Waals surface area contributed by atoms with Crippen molar-refractivity contribution in [2.45, 2.75) is 13.5 Å². The van der Waals surface area contributed by atoms with Crippen molar-refractivity contribution in [1.29, 1.82) is 0 Å². The van der Waals surface area contributed by atoms with Crippen LogP contribution in [0.15, 0.2) is 48.5 Å². The molecule has 0 radical (unpaired) electrons. The maximum Gasteiger partial charge on any atom is 0.270 e. The van der Waals surface area contributed by atoms with Crippen LogP contribution in [0.2, 0.25) is 0 Å². The number of halogens is 1. The zero-order valence-corrected chi connectivity index (χ0v) is 16.1.